The number of hydrogen-bond donors (Lipinski definition) is 0. The second-order valence-corrected chi connectivity index (χ2v) is 4.76. The minimum Gasteiger partial charge on any atom is -0.232 e. The van der Waals surface area contributed by atoms with Gasteiger partial charge in [-0.3, -0.25) is 0 Å². The quantitative estimate of drug-likeness (QED) is 0.761. The smallest absolute Gasteiger partial charge is 0.161 e. The first-order chi connectivity index (χ1) is 8.51. The van der Waals surface area contributed by atoms with Crippen LogP contribution in [0.25, 0.3) is 11.4 Å². The fourth-order valence-corrected chi connectivity index (χ4v) is 2.16. The van der Waals surface area contributed by atoms with Crippen molar-refractivity contribution in [2.24, 2.45) is 0 Å². The van der Waals surface area contributed by atoms with Gasteiger partial charge in [0.1, 0.15) is 16.8 Å². The fourth-order valence-electron chi connectivity index (χ4n) is 1.51. The molecule has 0 aliphatic heterocycles. The molecule has 0 fully saturated rings. The fraction of sp³-hybridized carbons (Fsp3) is 0.167. The van der Waals surface area contributed by atoms with Crippen LogP contribution >= 0.6 is 27.5 Å². The van der Waals surface area contributed by atoms with Crippen molar-refractivity contribution in [1.82, 2.24) is 9.97 Å². The van der Waals surface area contributed by atoms with Crippen molar-refractivity contribution < 1.29 is 8.78 Å². The first kappa shape index (κ1) is 13.4. The number of aryl methyl sites for hydroxylation is 1. The molecule has 0 radical (unpaired) electrons. The molecule has 0 saturated heterocycles. The van der Waals surface area contributed by atoms with E-state index in [2.05, 4.69) is 25.9 Å². The van der Waals surface area contributed by atoms with Gasteiger partial charge in [-0.15, -0.1) is 0 Å². The molecule has 6 heteroatoms. The van der Waals surface area contributed by atoms with Crippen LogP contribution in [-0.2, 0) is 6.42 Å². The van der Waals surface area contributed by atoms with Gasteiger partial charge in [0, 0.05) is 11.6 Å². The Morgan fingerprint density at radius 2 is 1.78 bits per heavy atom. The van der Waals surface area contributed by atoms with Gasteiger partial charge in [-0.05, 0) is 34.5 Å². The van der Waals surface area contributed by atoms with Crippen LogP contribution in [0.2, 0.25) is 5.15 Å². The zero-order valence-electron chi connectivity index (χ0n) is 9.35. The summed E-state index contributed by atoms with van der Waals surface area (Å²) < 4.78 is 26.9. The van der Waals surface area contributed by atoms with Gasteiger partial charge < -0.3 is 0 Å². The van der Waals surface area contributed by atoms with E-state index in [4.69, 9.17) is 11.6 Å². The lowest BCUT2D eigenvalue weighted by Crippen LogP contribution is -1.98. The molecule has 0 spiro atoms. The standard InChI is InChI=1S/C12H8BrClF2N2/c1-2-9-10(13)11(14)18-12(17-9)6-3-7(15)5-8(16)4-6/h3-5H,2H2,1H3. The molecular formula is C12H8BrClF2N2. The van der Waals surface area contributed by atoms with Crippen molar-refractivity contribution in [3.05, 3.63) is 45.2 Å². The number of hydrogen-bond acceptors (Lipinski definition) is 2. The zero-order chi connectivity index (χ0) is 13.3. The number of benzene rings is 1. The van der Waals surface area contributed by atoms with E-state index in [9.17, 15) is 8.78 Å². The van der Waals surface area contributed by atoms with Crippen molar-refractivity contribution >= 4 is 27.5 Å². The van der Waals surface area contributed by atoms with Crippen LogP contribution in [0.15, 0.2) is 22.7 Å². The Morgan fingerprint density at radius 3 is 2.33 bits per heavy atom. The Morgan fingerprint density at radius 1 is 1.17 bits per heavy atom. The molecular weight excluding hydrogens is 325 g/mol. The van der Waals surface area contributed by atoms with E-state index in [1.807, 2.05) is 6.92 Å². The summed E-state index contributed by atoms with van der Waals surface area (Å²) in [5.74, 6) is -1.14. The molecule has 0 saturated carbocycles. The molecule has 0 unspecified atom stereocenters. The highest BCUT2D eigenvalue weighted by Crippen LogP contribution is 2.27. The summed E-state index contributed by atoms with van der Waals surface area (Å²) in [6.45, 7) is 1.90. The Bertz CT molecular complexity index is 585. The molecule has 2 nitrogen and oxygen atoms in total. The largest absolute Gasteiger partial charge is 0.232 e. The molecule has 0 aliphatic carbocycles. The maximum atomic E-state index is 13.1. The lowest BCUT2D eigenvalue weighted by molar-refractivity contribution is 0.584. The lowest BCUT2D eigenvalue weighted by Gasteiger charge is -2.07. The zero-order valence-corrected chi connectivity index (χ0v) is 11.7. The third kappa shape index (κ3) is 2.67. The van der Waals surface area contributed by atoms with E-state index in [1.165, 1.54) is 12.1 Å². The normalized spacial score (nSPS) is 10.7. The predicted octanol–water partition coefficient (Wildman–Crippen LogP) is 4.40. The molecule has 94 valence electrons. The topological polar surface area (TPSA) is 25.8 Å². The molecule has 0 aliphatic rings. The SMILES string of the molecule is CCc1nc(-c2cc(F)cc(F)c2)nc(Cl)c1Br. The van der Waals surface area contributed by atoms with Gasteiger partial charge in [-0.2, -0.15) is 0 Å². The number of aromatic nitrogens is 2. The molecule has 1 heterocycles. The first-order valence-corrected chi connectivity index (χ1v) is 6.36. The summed E-state index contributed by atoms with van der Waals surface area (Å²) in [4.78, 5) is 8.24. The number of nitrogens with zero attached hydrogens (tertiary/aromatic N) is 2. The Hall–Kier alpha value is -1.07. The van der Waals surface area contributed by atoms with E-state index >= 15 is 0 Å². The van der Waals surface area contributed by atoms with Crippen molar-refractivity contribution in [3.63, 3.8) is 0 Å². The molecule has 1 aromatic carbocycles. The first-order valence-electron chi connectivity index (χ1n) is 5.19. The Kier molecular flexibility index (Phi) is 3.92. The highest BCUT2D eigenvalue weighted by atomic mass is 79.9. The van der Waals surface area contributed by atoms with Crippen LogP contribution in [0, 0.1) is 11.6 Å². The van der Waals surface area contributed by atoms with Crippen LogP contribution in [-0.4, -0.2) is 9.97 Å². The van der Waals surface area contributed by atoms with E-state index < -0.39 is 11.6 Å². The molecule has 0 atom stereocenters. The summed E-state index contributed by atoms with van der Waals surface area (Å²) in [5, 5.41) is 0.224. The maximum Gasteiger partial charge on any atom is 0.161 e. The van der Waals surface area contributed by atoms with Crippen molar-refractivity contribution in [3.8, 4) is 11.4 Å². The van der Waals surface area contributed by atoms with Gasteiger partial charge in [0.05, 0.1) is 10.2 Å². The summed E-state index contributed by atoms with van der Waals surface area (Å²) in [6, 6.07) is 3.13. The second-order valence-electron chi connectivity index (χ2n) is 3.61. The number of rotatable bonds is 2. The molecule has 0 N–H and O–H groups in total. The third-order valence-electron chi connectivity index (χ3n) is 2.34. The molecule has 2 aromatic rings. The van der Waals surface area contributed by atoms with E-state index in [-0.39, 0.29) is 16.5 Å². The molecule has 1 aromatic heterocycles. The predicted molar refractivity (Wildman–Crippen MR) is 69.5 cm³/mol. The second kappa shape index (κ2) is 5.28. The molecule has 0 bridgehead atoms. The van der Waals surface area contributed by atoms with Gasteiger partial charge >= 0.3 is 0 Å². The van der Waals surface area contributed by atoms with Gasteiger partial charge in [0.25, 0.3) is 0 Å². The third-order valence-corrected chi connectivity index (χ3v) is 3.67. The minimum absolute atomic E-state index is 0.207. The van der Waals surface area contributed by atoms with Crippen molar-refractivity contribution in [2.45, 2.75) is 13.3 Å². The van der Waals surface area contributed by atoms with Crippen molar-refractivity contribution in [1.29, 1.82) is 0 Å². The van der Waals surface area contributed by atoms with Gasteiger partial charge in [0.2, 0.25) is 0 Å². The van der Waals surface area contributed by atoms with E-state index in [1.54, 1.807) is 0 Å². The summed E-state index contributed by atoms with van der Waals surface area (Å²) in [7, 11) is 0. The van der Waals surface area contributed by atoms with Crippen LogP contribution < -0.4 is 0 Å². The van der Waals surface area contributed by atoms with E-state index in [0.717, 1.165) is 6.07 Å². The molecule has 2 rings (SSSR count). The maximum absolute atomic E-state index is 13.1. The van der Waals surface area contributed by atoms with Crippen molar-refractivity contribution in [2.75, 3.05) is 0 Å². The van der Waals surface area contributed by atoms with Gasteiger partial charge in [-0.1, -0.05) is 18.5 Å². The highest BCUT2D eigenvalue weighted by Gasteiger charge is 2.12. The average molecular weight is 334 g/mol. The van der Waals surface area contributed by atoms with Crippen LogP contribution in [0.3, 0.4) is 0 Å². The van der Waals surface area contributed by atoms with Crippen LogP contribution in [0.1, 0.15) is 12.6 Å². The average Bonchev–Trinajstić information content (AvgIpc) is 2.31. The summed E-state index contributed by atoms with van der Waals surface area (Å²) in [6.07, 6.45) is 0.633. The van der Waals surface area contributed by atoms with E-state index in [0.29, 0.717) is 16.6 Å². The Labute approximate surface area is 116 Å². The minimum atomic E-state index is -0.675. The van der Waals surface area contributed by atoms with Crippen LogP contribution in [0.4, 0.5) is 8.78 Å². The highest BCUT2D eigenvalue weighted by molar-refractivity contribution is 9.10. The number of halogens is 4. The van der Waals surface area contributed by atoms with Gasteiger partial charge in [0.15, 0.2) is 5.82 Å². The molecule has 18 heavy (non-hydrogen) atoms. The van der Waals surface area contributed by atoms with Crippen LogP contribution in [0.5, 0.6) is 0 Å². The van der Waals surface area contributed by atoms with Gasteiger partial charge in [-0.25, -0.2) is 18.7 Å². The monoisotopic (exact) mass is 332 g/mol. The Balaban J connectivity index is 2.60. The molecule has 0 amide bonds. The lowest BCUT2D eigenvalue weighted by atomic mass is 10.2. The summed E-state index contributed by atoms with van der Waals surface area (Å²) in [5.41, 5.74) is 0.950. The summed E-state index contributed by atoms with van der Waals surface area (Å²) >= 11 is 9.21.